The number of rotatable bonds is 10. The zero-order chi connectivity index (χ0) is 41.2. The maximum atomic E-state index is 15.1. The highest BCUT2D eigenvalue weighted by atomic mass is 19.4. The molecular weight excluding hydrogens is 752 g/mol. The number of carbonyl (C=O) groups excluding carboxylic acids is 2. The van der Waals surface area contributed by atoms with E-state index in [2.05, 4.69) is 15.1 Å². The molecule has 7 rings (SSSR count). The Labute approximate surface area is 334 Å². The molecule has 58 heavy (non-hydrogen) atoms. The van der Waals surface area contributed by atoms with Gasteiger partial charge in [0.15, 0.2) is 0 Å². The fraction of sp³-hybridized carbons (Fsp3) is 0.372. The number of aromatic nitrogens is 4. The number of carbonyl (C=O) groups is 2. The molecule has 5 aromatic rings. The Morgan fingerprint density at radius 2 is 1.64 bits per heavy atom. The number of alkyl halides is 3. The summed E-state index contributed by atoms with van der Waals surface area (Å²) >= 11 is 0. The van der Waals surface area contributed by atoms with Gasteiger partial charge in [-0.3, -0.25) is 4.90 Å². The molecule has 2 saturated heterocycles. The Kier molecular flexibility index (Phi) is 11.3. The number of benzene rings is 3. The highest BCUT2D eigenvalue weighted by Crippen LogP contribution is 2.45. The quantitative estimate of drug-likeness (QED) is 0.138. The number of nitrogens with two attached hydrogens (primary N) is 1. The Hall–Kier alpha value is -6.12. The Balaban J connectivity index is 1.11. The average molecular weight is 798 g/mol. The van der Waals surface area contributed by atoms with Crippen LogP contribution in [0.3, 0.4) is 0 Å². The predicted octanol–water partition coefficient (Wildman–Crippen LogP) is 8.08. The summed E-state index contributed by atoms with van der Waals surface area (Å²) in [5.74, 6) is -0.794. The SMILES string of the molecule is CCOC(=O)[C@@H]1CC2(CCN(c3cc(O[C@H](c4ccc(-c5ccc(C)c(C)c5)cc4-n4ccc(C)n4)C(F)(F)F)nc(N)n3)CC2)CN1C(=O)OCc1ccccc1. The van der Waals surface area contributed by atoms with Crippen LogP contribution in [0.4, 0.5) is 29.7 Å². The molecule has 1 amide bonds. The second kappa shape index (κ2) is 16.4. The van der Waals surface area contributed by atoms with Gasteiger partial charge in [-0.15, -0.1) is 0 Å². The van der Waals surface area contributed by atoms with Crippen molar-refractivity contribution in [3.63, 3.8) is 0 Å². The lowest BCUT2D eigenvalue weighted by atomic mass is 9.76. The van der Waals surface area contributed by atoms with Gasteiger partial charge in [-0.05, 0) is 92.3 Å². The van der Waals surface area contributed by atoms with Crippen LogP contribution < -0.4 is 15.4 Å². The molecule has 2 aromatic heterocycles. The van der Waals surface area contributed by atoms with E-state index >= 15 is 13.2 Å². The largest absolute Gasteiger partial charge is 0.464 e. The fourth-order valence-corrected chi connectivity index (χ4v) is 7.77. The first-order valence-electron chi connectivity index (χ1n) is 19.2. The fourth-order valence-electron chi connectivity index (χ4n) is 7.77. The molecule has 3 aromatic carbocycles. The molecule has 2 aliphatic heterocycles. The van der Waals surface area contributed by atoms with Gasteiger partial charge in [0, 0.05) is 37.5 Å². The van der Waals surface area contributed by atoms with Crippen LogP contribution in [-0.4, -0.2) is 75.2 Å². The number of aryl methyl sites for hydroxylation is 3. The van der Waals surface area contributed by atoms with E-state index in [0.29, 0.717) is 43.9 Å². The number of likely N-dealkylation sites (tertiary alicyclic amines) is 1. The summed E-state index contributed by atoms with van der Waals surface area (Å²) in [5.41, 5.74) is 10.9. The zero-order valence-electron chi connectivity index (χ0n) is 32.8. The minimum absolute atomic E-state index is 0.0594. The Morgan fingerprint density at radius 1 is 0.914 bits per heavy atom. The van der Waals surface area contributed by atoms with Crippen molar-refractivity contribution in [3.8, 4) is 22.7 Å². The molecule has 2 aliphatic rings. The normalized spacial score (nSPS) is 17.0. The number of ether oxygens (including phenoxy) is 3. The Bertz CT molecular complexity index is 2270. The third-order valence-electron chi connectivity index (χ3n) is 11.0. The number of amides is 1. The van der Waals surface area contributed by atoms with E-state index in [1.165, 1.54) is 21.7 Å². The molecule has 15 heteroatoms. The van der Waals surface area contributed by atoms with Gasteiger partial charge in [-0.1, -0.05) is 60.7 Å². The molecule has 0 saturated carbocycles. The topological polar surface area (TPSA) is 138 Å². The van der Waals surface area contributed by atoms with Gasteiger partial charge in [0.1, 0.15) is 18.5 Å². The molecule has 4 heterocycles. The number of nitrogen functional groups attached to an aromatic ring is 1. The van der Waals surface area contributed by atoms with Gasteiger partial charge < -0.3 is 24.8 Å². The van der Waals surface area contributed by atoms with Crippen LogP contribution in [0.2, 0.25) is 0 Å². The van der Waals surface area contributed by atoms with Crippen molar-refractivity contribution in [2.24, 2.45) is 5.41 Å². The summed E-state index contributed by atoms with van der Waals surface area (Å²) in [6.45, 7) is 8.81. The first-order chi connectivity index (χ1) is 27.7. The minimum atomic E-state index is -4.86. The van der Waals surface area contributed by atoms with Crippen molar-refractivity contribution in [1.82, 2.24) is 24.6 Å². The second-order valence-corrected chi connectivity index (χ2v) is 15.1. The van der Waals surface area contributed by atoms with E-state index < -0.39 is 35.8 Å². The summed E-state index contributed by atoms with van der Waals surface area (Å²) in [4.78, 5) is 38.2. The molecule has 0 radical (unpaired) electrons. The summed E-state index contributed by atoms with van der Waals surface area (Å²) in [6, 6.07) is 22.2. The molecule has 2 fully saturated rings. The van der Waals surface area contributed by atoms with E-state index in [4.69, 9.17) is 19.9 Å². The maximum Gasteiger partial charge on any atom is 0.429 e. The standard InChI is InChI=1S/C43H46F3N7O5/c1-5-56-39(54)35-24-42(26-52(35)41(55)57-25-30-9-7-6-8-10-30)16-19-51(20-17-42)36-23-37(49-40(47)48-36)58-38(43(44,45)46)33-14-13-32(31-12-11-27(2)28(3)21-31)22-34(33)53-18-15-29(4)50-53/h6-15,18,21-23,35,38H,5,16-17,19-20,24-26H2,1-4H3,(H2,47,48,49)/t35-,38+/m0/s1. The van der Waals surface area contributed by atoms with Crippen LogP contribution in [0.25, 0.3) is 16.8 Å². The van der Waals surface area contributed by atoms with E-state index in [9.17, 15) is 9.59 Å². The number of hydrogen-bond acceptors (Lipinski definition) is 10. The lowest BCUT2D eigenvalue weighted by molar-refractivity contribution is -0.198. The first kappa shape index (κ1) is 40.1. The summed E-state index contributed by atoms with van der Waals surface area (Å²) in [7, 11) is 0. The van der Waals surface area contributed by atoms with E-state index in [0.717, 1.165) is 27.8 Å². The van der Waals surface area contributed by atoms with Gasteiger partial charge in [0.05, 0.1) is 18.0 Å². The molecule has 0 bridgehead atoms. The van der Waals surface area contributed by atoms with Crippen molar-refractivity contribution in [2.45, 2.75) is 71.9 Å². The highest BCUT2D eigenvalue weighted by molar-refractivity contribution is 5.82. The summed E-state index contributed by atoms with van der Waals surface area (Å²) in [5, 5.41) is 4.45. The number of anilines is 2. The average Bonchev–Trinajstić information content (AvgIpc) is 3.81. The van der Waals surface area contributed by atoms with E-state index in [-0.39, 0.29) is 42.8 Å². The number of nitrogens with zero attached hydrogens (tertiary/aromatic N) is 6. The number of hydrogen-bond donors (Lipinski definition) is 1. The molecule has 2 N–H and O–H groups in total. The van der Waals surface area contributed by atoms with Crippen LogP contribution in [-0.2, 0) is 20.9 Å². The molecule has 12 nitrogen and oxygen atoms in total. The summed E-state index contributed by atoms with van der Waals surface area (Å²) in [6.07, 6.45) is -4.79. The van der Waals surface area contributed by atoms with Crippen LogP contribution >= 0.6 is 0 Å². The monoisotopic (exact) mass is 797 g/mol. The van der Waals surface area contributed by atoms with Crippen LogP contribution in [0.5, 0.6) is 5.88 Å². The van der Waals surface area contributed by atoms with Crippen molar-refractivity contribution >= 4 is 23.8 Å². The molecule has 2 atom stereocenters. The van der Waals surface area contributed by atoms with Gasteiger partial charge in [-0.2, -0.15) is 28.2 Å². The number of piperidine rings is 1. The molecule has 0 unspecified atom stereocenters. The highest BCUT2D eigenvalue weighted by Gasteiger charge is 2.51. The molecule has 0 aliphatic carbocycles. The van der Waals surface area contributed by atoms with Gasteiger partial charge in [0.2, 0.25) is 17.9 Å². The molecule has 1 spiro atoms. The molecular formula is C43H46F3N7O5. The van der Waals surface area contributed by atoms with E-state index in [1.54, 1.807) is 38.2 Å². The first-order valence-corrected chi connectivity index (χ1v) is 19.2. The third-order valence-corrected chi connectivity index (χ3v) is 11.0. The molecule has 304 valence electrons. The minimum Gasteiger partial charge on any atom is -0.464 e. The van der Waals surface area contributed by atoms with Crippen molar-refractivity contribution in [2.75, 3.05) is 36.9 Å². The zero-order valence-corrected chi connectivity index (χ0v) is 32.8. The maximum absolute atomic E-state index is 15.1. The van der Waals surface area contributed by atoms with Crippen LogP contribution in [0.15, 0.2) is 85.1 Å². The van der Waals surface area contributed by atoms with Gasteiger partial charge in [0.25, 0.3) is 0 Å². The van der Waals surface area contributed by atoms with Gasteiger partial charge >= 0.3 is 18.2 Å². The third kappa shape index (κ3) is 8.72. The lowest BCUT2D eigenvalue weighted by Gasteiger charge is -2.39. The van der Waals surface area contributed by atoms with Crippen molar-refractivity contribution in [3.05, 3.63) is 113 Å². The second-order valence-electron chi connectivity index (χ2n) is 15.1. The lowest BCUT2D eigenvalue weighted by Crippen LogP contribution is -2.43. The van der Waals surface area contributed by atoms with Gasteiger partial charge in [-0.25, -0.2) is 14.3 Å². The van der Waals surface area contributed by atoms with Crippen molar-refractivity contribution in [1.29, 1.82) is 0 Å². The smallest absolute Gasteiger partial charge is 0.429 e. The summed E-state index contributed by atoms with van der Waals surface area (Å²) < 4.78 is 63.4. The van der Waals surface area contributed by atoms with E-state index in [1.807, 2.05) is 67.3 Å². The van der Waals surface area contributed by atoms with Crippen molar-refractivity contribution < 1.29 is 37.0 Å². The van der Waals surface area contributed by atoms with Crippen LogP contribution in [0, 0.1) is 26.2 Å². The van der Waals surface area contributed by atoms with Crippen LogP contribution in [0.1, 0.15) is 60.2 Å². The predicted molar refractivity (Wildman–Crippen MR) is 211 cm³/mol. The number of esters is 1. The Morgan fingerprint density at radius 3 is 2.31 bits per heavy atom. The number of halogens is 3.